The molecule has 0 atom stereocenters. The monoisotopic (exact) mass is 377 g/mol. The number of hydrogen-bond acceptors (Lipinski definition) is 5. The second-order valence-electron chi connectivity index (χ2n) is 5.55. The lowest BCUT2D eigenvalue weighted by Gasteiger charge is -2.17. The highest BCUT2D eigenvalue weighted by atomic mass is 35.5. The highest BCUT2D eigenvalue weighted by Gasteiger charge is 2.35. The summed E-state index contributed by atoms with van der Waals surface area (Å²) >= 11 is 11.9. The number of nitrogens with zero attached hydrogens (tertiary/aromatic N) is 2. The van der Waals surface area contributed by atoms with Gasteiger partial charge in [-0.3, -0.25) is 0 Å². The summed E-state index contributed by atoms with van der Waals surface area (Å²) in [6.07, 6.45) is 4.53. The van der Waals surface area contributed by atoms with Gasteiger partial charge in [-0.05, 0) is 31.0 Å². The van der Waals surface area contributed by atoms with Crippen molar-refractivity contribution >= 4 is 35.6 Å². The average Bonchev–Trinajstić information content (AvgIpc) is 3.11. The molecule has 1 aromatic heterocycles. The van der Waals surface area contributed by atoms with Crippen molar-refractivity contribution in [2.75, 3.05) is 6.61 Å². The van der Waals surface area contributed by atoms with E-state index in [9.17, 15) is 0 Å². The molecule has 126 valence electrons. The van der Waals surface area contributed by atoms with Gasteiger partial charge in [0, 0.05) is 5.02 Å². The summed E-state index contributed by atoms with van der Waals surface area (Å²) in [5.74, 6) is 1.71. The quantitative estimate of drug-likeness (QED) is 0.846. The Bertz CT molecular complexity index is 657. The number of ether oxygens (including phenoxy) is 1. The number of benzene rings is 1. The molecule has 8 heteroatoms. The molecule has 0 aliphatic heterocycles. The molecule has 2 aromatic rings. The van der Waals surface area contributed by atoms with Crippen LogP contribution in [0.15, 0.2) is 22.7 Å². The van der Waals surface area contributed by atoms with Crippen molar-refractivity contribution in [1.82, 2.24) is 10.1 Å². The first-order valence-corrected chi connectivity index (χ1v) is 8.02. The summed E-state index contributed by atoms with van der Waals surface area (Å²) in [7, 11) is 0. The van der Waals surface area contributed by atoms with Crippen LogP contribution in [-0.2, 0) is 12.0 Å². The van der Waals surface area contributed by atoms with Gasteiger partial charge in [0.05, 0.1) is 23.6 Å². The maximum atomic E-state index is 6.30. The molecule has 1 saturated carbocycles. The number of hydrogen-bond donors (Lipinski definition) is 1. The minimum Gasteiger partial charge on any atom is -0.491 e. The Hall–Kier alpha value is -1.01. The summed E-state index contributed by atoms with van der Waals surface area (Å²) in [6.45, 7) is 0.389. The van der Waals surface area contributed by atoms with Crippen LogP contribution in [-0.4, -0.2) is 16.7 Å². The highest BCUT2D eigenvalue weighted by Crippen LogP contribution is 2.34. The van der Waals surface area contributed by atoms with Crippen molar-refractivity contribution in [1.29, 1.82) is 0 Å². The normalized spacial score (nSPS) is 16.1. The Morgan fingerprint density at radius 1 is 1.26 bits per heavy atom. The molecule has 1 fully saturated rings. The Balaban J connectivity index is 0.00000192. The van der Waals surface area contributed by atoms with Gasteiger partial charge in [-0.25, -0.2) is 0 Å². The van der Waals surface area contributed by atoms with E-state index in [-0.39, 0.29) is 12.4 Å². The molecule has 5 nitrogen and oxygen atoms in total. The smallest absolute Gasteiger partial charge is 0.230 e. The summed E-state index contributed by atoms with van der Waals surface area (Å²) in [6, 6.07) is 5.10. The van der Waals surface area contributed by atoms with Crippen molar-refractivity contribution in [2.45, 2.75) is 37.6 Å². The molecule has 0 bridgehead atoms. The fourth-order valence-corrected chi connectivity index (χ4v) is 3.09. The van der Waals surface area contributed by atoms with E-state index in [4.69, 9.17) is 38.2 Å². The van der Waals surface area contributed by atoms with Crippen LogP contribution in [0.25, 0.3) is 0 Å². The lowest BCUT2D eigenvalue weighted by atomic mass is 9.99. The van der Waals surface area contributed by atoms with E-state index in [0.29, 0.717) is 40.5 Å². The summed E-state index contributed by atoms with van der Waals surface area (Å²) in [4.78, 5) is 4.39. The molecular formula is C15H18Cl3N3O2. The fraction of sp³-hybridized carbons (Fsp3) is 0.467. The van der Waals surface area contributed by atoms with E-state index >= 15 is 0 Å². The largest absolute Gasteiger partial charge is 0.491 e. The van der Waals surface area contributed by atoms with Gasteiger partial charge < -0.3 is 15.0 Å². The third kappa shape index (κ3) is 4.29. The zero-order valence-electron chi connectivity index (χ0n) is 12.4. The summed E-state index contributed by atoms with van der Waals surface area (Å²) < 4.78 is 10.9. The maximum absolute atomic E-state index is 6.30. The van der Waals surface area contributed by atoms with Gasteiger partial charge in [0.25, 0.3) is 0 Å². The van der Waals surface area contributed by atoms with Crippen LogP contribution in [0.2, 0.25) is 10.0 Å². The zero-order chi connectivity index (χ0) is 15.6. The SMILES string of the molecule is Cl.NC1(c2noc(CCOc3ccc(Cl)cc3Cl)n2)CCCC1. The molecule has 3 rings (SSSR count). The molecule has 1 aliphatic rings. The van der Waals surface area contributed by atoms with Crippen LogP contribution in [0.1, 0.15) is 37.4 Å². The molecule has 0 unspecified atom stereocenters. The molecule has 2 N–H and O–H groups in total. The average molecular weight is 379 g/mol. The van der Waals surface area contributed by atoms with Crippen LogP contribution in [0.4, 0.5) is 0 Å². The zero-order valence-corrected chi connectivity index (χ0v) is 14.8. The van der Waals surface area contributed by atoms with Gasteiger partial charge in [0.1, 0.15) is 5.75 Å². The first-order valence-electron chi connectivity index (χ1n) is 7.27. The van der Waals surface area contributed by atoms with Crippen molar-refractivity contribution in [2.24, 2.45) is 5.73 Å². The minimum atomic E-state index is -0.428. The van der Waals surface area contributed by atoms with Gasteiger partial charge in [-0.2, -0.15) is 4.98 Å². The first-order chi connectivity index (χ1) is 10.6. The van der Waals surface area contributed by atoms with Gasteiger partial charge in [0.2, 0.25) is 5.89 Å². The topological polar surface area (TPSA) is 74.2 Å². The third-order valence-electron chi connectivity index (χ3n) is 3.88. The Labute approximate surface area is 150 Å². The summed E-state index contributed by atoms with van der Waals surface area (Å²) in [5, 5.41) is 5.06. The van der Waals surface area contributed by atoms with Crippen LogP contribution in [0.3, 0.4) is 0 Å². The molecule has 0 saturated heterocycles. The highest BCUT2D eigenvalue weighted by molar-refractivity contribution is 6.35. The van der Waals surface area contributed by atoms with Gasteiger partial charge >= 0.3 is 0 Å². The molecular weight excluding hydrogens is 361 g/mol. The number of nitrogens with two attached hydrogens (primary N) is 1. The Morgan fingerprint density at radius 2 is 2.00 bits per heavy atom. The number of rotatable bonds is 5. The van der Waals surface area contributed by atoms with Gasteiger partial charge in [-0.1, -0.05) is 41.2 Å². The first kappa shape index (κ1) is 18.3. The Kier molecular flexibility index (Phi) is 6.14. The number of aromatic nitrogens is 2. The van der Waals surface area contributed by atoms with Crippen molar-refractivity contribution < 1.29 is 9.26 Å². The van der Waals surface area contributed by atoms with E-state index in [1.54, 1.807) is 18.2 Å². The van der Waals surface area contributed by atoms with Crippen LogP contribution < -0.4 is 10.5 Å². The van der Waals surface area contributed by atoms with Crippen molar-refractivity contribution in [3.05, 3.63) is 40.0 Å². The second kappa shape index (κ2) is 7.71. The number of halogens is 3. The second-order valence-corrected chi connectivity index (χ2v) is 6.39. The van der Waals surface area contributed by atoms with Crippen LogP contribution in [0, 0.1) is 0 Å². The molecule has 0 radical (unpaired) electrons. The van der Waals surface area contributed by atoms with Crippen LogP contribution in [0.5, 0.6) is 5.75 Å². The standard InChI is InChI=1S/C15H17Cl2N3O2.ClH/c16-10-3-4-12(11(17)9-10)21-8-5-13-19-14(20-22-13)15(18)6-1-2-7-15;/h3-4,9H,1-2,5-8,18H2;1H. The summed E-state index contributed by atoms with van der Waals surface area (Å²) in [5.41, 5.74) is 5.87. The molecule has 1 aromatic carbocycles. The predicted molar refractivity (Wildman–Crippen MR) is 91.5 cm³/mol. The molecule has 23 heavy (non-hydrogen) atoms. The van der Waals surface area contributed by atoms with E-state index < -0.39 is 5.54 Å². The fourth-order valence-electron chi connectivity index (χ4n) is 2.63. The van der Waals surface area contributed by atoms with Crippen molar-refractivity contribution in [3.8, 4) is 5.75 Å². The third-order valence-corrected chi connectivity index (χ3v) is 4.41. The molecule has 1 aliphatic carbocycles. The Morgan fingerprint density at radius 3 is 2.70 bits per heavy atom. The minimum absolute atomic E-state index is 0. The molecule has 0 spiro atoms. The van der Waals surface area contributed by atoms with E-state index in [2.05, 4.69) is 10.1 Å². The van der Waals surface area contributed by atoms with E-state index in [1.165, 1.54) is 0 Å². The maximum Gasteiger partial charge on any atom is 0.230 e. The van der Waals surface area contributed by atoms with E-state index in [0.717, 1.165) is 25.7 Å². The lowest BCUT2D eigenvalue weighted by molar-refractivity contribution is 0.290. The lowest BCUT2D eigenvalue weighted by Crippen LogP contribution is -2.34. The molecule has 0 amide bonds. The van der Waals surface area contributed by atoms with Gasteiger partial charge in [0.15, 0.2) is 5.82 Å². The van der Waals surface area contributed by atoms with Crippen molar-refractivity contribution in [3.63, 3.8) is 0 Å². The van der Waals surface area contributed by atoms with Crippen LogP contribution >= 0.6 is 35.6 Å². The van der Waals surface area contributed by atoms with E-state index in [1.807, 2.05) is 0 Å². The van der Waals surface area contributed by atoms with Gasteiger partial charge in [-0.15, -0.1) is 12.4 Å². The molecule has 1 heterocycles. The predicted octanol–water partition coefficient (Wildman–Crippen LogP) is 4.15.